The van der Waals surface area contributed by atoms with Crippen LogP contribution in [0.5, 0.6) is 0 Å². The Morgan fingerprint density at radius 3 is 2.00 bits per heavy atom. The third-order valence-electron chi connectivity index (χ3n) is 3.04. The summed E-state index contributed by atoms with van der Waals surface area (Å²) >= 11 is 0. The number of nitrogens with one attached hydrogen (secondary N) is 1. The van der Waals surface area contributed by atoms with Gasteiger partial charge in [-0.3, -0.25) is 0 Å². The summed E-state index contributed by atoms with van der Waals surface area (Å²) in [6.45, 7) is 2.32. The first-order chi connectivity index (χ1) is 9.63. The minimum absolute atomic E-state index is 0.0673. The summed E-state index contributed by atoms with van der Waals surface area (Å²) in [5.74, 6) is 0. The number of benzene rings is 1. The number of hydrogen-bond acceptors (Lipinski definition) is 1. The summed E-state index contributed by atoms with van der Waals surface area (Å²) < 4.78 is 73.8. The number of hydrogen-bond donors (Lipinski definition) is 1. The van der Waals surface area contributed by atoms with Gasteiger partial charge in [-0.25, -0.2) is 0 Å². The second-order valence-electron chi connectivity index (χ2n) is 4.74. The van der Waals surface area contributed by atoms with Crippen LogP contribution in [0, 0.1) is 0 Å². The number of halogens is 6. The van der Waals surface area contributed by atoms with Crippen LogP contribution in [0.3, 0.4) is 0 Å². The molecule has 1 atom stereocenters. The van der Waals surface area contributed by atoms with Crippen molar-refractivity contribution in [2.75, 3.05) is 6.54 Å². The van der Waals surface area contributed by atoms with Crippen LogP contribution in [0.4, 0.5) is 26.3 Å². The maximum absolute atomic E-state index is 12.5. The molecule has 7 heteroatoms. The Morgan fingerprint density at radius 1 is 1.00 bits per heavy atom. The van der Waals surface area contributed by atoms with E-state index in [1.807, 2.05) is 0 Å². The Labute approximate surface area is 119 Å². The molecule has 0 aliphatic carbocycles. The smallest absolute Gasteiger partial charge is 0.310 e. The summed E-state index contributed by atoms with van der Waals surface area (Å²) in [5.41, 5.74) is -0.205. The molecule has 1 N–H and O–H groups in total. The zero-order valence-corrected chi connectivity index (χ0v) is 11.5. The Balaban J connectivity index is 2.72. The molecule has 1 aromatic rings. The summed E-state index contributed by atoms with van der Waals surface area (Å²) in [4.78, 5) is 0. The largest absolute Gasteiger partial charge is 0.416 e. The van der Waals surface area contributed by atoms with E-state index >= 15 is 0 Å². The third kappa shape index (κ3) is 6.37. The average Bonchev–Trinajstić information content (AvgIpc) is 2.35. The van der Waals surface area contributed by atoms with Gasteiger partial charge < -0.3 is 5.32 Å². The molecule has 0 amide bonds. The molecule has 0 spiro atoms. The lowest BCUT2D eigenvalue weighted by Gasteiger charge is -2.19. The quantitative estimate of drug-likeness (QED) is 0.721. The van der Waals surface area contributed by atoms with Crippen LogP contribution in [-0.4, -0.2) is 12.7 Å². The molecule has 1 unspecified atom stereocenters. The Bertz CT molecular complexity index is 421. The summed E-state index contributed by atoms with van der Waals surface area (Å²) in [5, 5.41) is 2.99. The highest BCUT2D eigenvalue weighted by Crippen LogP contribution is 2.31. The average molecular weight is 313 g/mol. The molecule has 0 fully saturated rings. The standard InChI is InChI=1S/C14H17F6N/c1-2-21-12(4-3-9-13(15,16)17)10-5-7-11(8-6-10)14(18,19)20/h5-8,12,21H,2-4,9H2,1H3. The van der Waals surface area contributed by atoms with Gasteiger partial charge in [0.15, 0.2) is 0 Å². The van der Waals surface area contributed by atoms with E-state index in [9.17, 15) is 26.3 Å². The maximum Gasteiger partial charge on any atom is 0.416 e. The molecular weight excluding hydrogens is 296 g/mol. The SMILES string of the molecule is CCNC(CCCC(F)(F)F)c1ccc(C(F)(F)F)cc1. The van der Waals surface area contributed by atoms with E-state index in [1.165, 1.54) is 12.1 Å². The van der Waals surface area contributed by atoms with Crippen molar-refractivity contribution in [3.05, 3.63) is 35.4 Å². The van der Waals surface area contributed by atoms with Crippen LogP contribution in [-0.2, 0) is 6.18 Å². The first-order valence-electron chi connectivity index (χ1n) is 6.61. The molecule has 1 aromatic carbocycles. The summed E-state index contributed by atoms with van der Waals surface area (Å²) in [6, 6.07) is 4.14. The van der Waals surface area contributed by atoms with Crippen molar-refractivity contribution >= 4 is 0 Å². The fraction of sp³-hybridized carbons (Fsp3) is 0.571. The van der Waals surface area contributed by atoms with Crippen molar-refractivity contribution in [1.29, 1.82) is 0 Å². The van der Waals surface area contributed by atoms with Gasteiger partial charge in [-0.15, -0.1) is 0 Å². The second kappa shape index (κ2) is 7.15. The first-order valence-corrected chi connectivity index (χ1v) is 6.61. The predicted octanol–water partition coefficient (Wildman–Crippen LogP) is 5.09. The zero-order valence-electron chi connectivity index (χ0n) is 11.5. The molecule has 0 saturated carbocycles. The molecule has 1 rings (SSSR count). The zero-order chi connectivity index (χ0) is 16.1. The van der Waals surface area contributed by atoms with E-state index in [-0.39, 0.29) is 18.9 Å². The van der Waals surface area contributed by atoms with E-state index in [2.05, 4.69) is 5.32 Å². The van der Waals surface area contributed by atoms with E-state index in [1.54, 1.807) is 6.92 Å². The van der Waals surface area contributed by atoms with Gasteiger partial charge in [0.25, 0.3) is 0 Å². The first kappa shape index (κ1) is 17.8. The van der Waals surface area contributed by atoms with Crippen LogP contribution in [0.2, 0.25) is 0 Å². The second-order valence-corrected chi connectivity index (χ2v) is 4.74. The molecule has 21 heavy (non-hydrogen) atoms. The predicted molar refractivity (Wildman–Crippen MR) is 67.8 cm³/mol. The number of alkyl halides is 6. The Hall–Kier alpha value is -1.24. The highest BCUT2D eigenvalue weighted by molar-refractivity contribution is 5.26. The normalized spacial score (nSPS) is 14.2. The van der Waals surface area contributed by atoms with Crippen LogP contribution in [0.1, 0.15) is 43.4 Å². The van der Waals surface area contributed by atoms with Crippen molar-refractivity contribution in [2.24, 2.45) is 0 Å². The molecule has 0 saturated heterocycles. The molecular formula is C14H17F6N. The number of rotatable bonds is 6. The minimum atomic E-state index is -4.41. The third-order valence-corrected chi connectivity index (χ3v) is 3.04. The molecule has 120 valence electrons. The van der Waals surface area contributed by atoms with Gasteiger partial charge in [-0.2, -0.15) is 26.3 Å². The van der Waals surface area contributed by atoms with Gasteiger partial charge in [0.1, 0.15) is 0 Å². The van der Waals surface area contributed by atoms with Gasteiger partial charge in [-0.05, 0) is 37.1 Å². The molecule has 0 aromatic heterocycles. The maximum atomic E-state index is 12.5. The van der Waals surface area contributed by atoms with Crippen LogP contribution in [0.15, 0.2) is 24.3 Å². The van der Waals surface area contributed by atoms with Crippen LogP contribution < -0.4 is 5.32 Å². The molecule has 0 radical (unpaired) electrons. The molecule has 0 heterocycles. The fourth-order valence-electron chi connectivity index (χ4n) is 2.04. The molecule has 0 bridgehead atoms. The van der Waals surface area contributed by atoms with E-state index in [0.29, 0.717) is 12.1 Å². The Kier molecular flexibility index (Phi) is 6.07. The van der Waals surface area contributed by atoms with E-state index < -0.39 is 24.3 Å². The van der Waals surface area contributed by atoms with Crippen molar-refractivity contribution in [1.82, 2.24) is 5.32 Å². The summed E-state index contributed by atoms with van der Waals surface area (Å²) in [6.07, 6.45) is -9.37. The lowest BCUT2D eigenvalue weighted by atomic mass is 9.99. The van der Waals surface area contributed by atoms with Gasteiger partial charge in [0.2, 0.25) is 0 Å². The topological polar surface area (TPSA) is 12.0 Å². The molecule has 0 aliphatic heterocycles. The van der Waals surface area contributed by atoms with Gasteiger partial charge in [0.05, 0.1) is 5.56 Å². The fourth-order valence-corrected chi connectivity index (χ4v) is 2.04. The van der Waals surface area contributed by atoms with Crippen molar-refractivity contribution in [3.8, 4) is 0 Å². The van der Waals surface area contributed by atoms with E-state index in [4.69, 9.17) is 0 Å². The van der Waals surface area contributed by atoms with E-state index in [0.717, 1.165) is 12.1 Å². The molecule has 0 aliphatic rings. The van der Waals surface area contributed by atoms with Gasteiger partial charge in [-0.1, -0.05) is 19.1 Å². The molecule has 1 nitrogen and oxygen atoms in total. The van der Waals surface area contributed by atoms with Gasteiger partial charge >= 0.3 is 12.4 Å². The van der Waals surface area contributed by atoms with Gasteiger partial charge in [0, 0.05) is 12.5 Å². The van der Waals surface area contributed by atoms with Crippen LogP contribution in [0.25, 0.3) is 0 Å². The monoisotopic (exact) mass is 313 g/mol. The highest BCUT2D eigenvalue weighted by atomic mass is 19.4. The minimum Gasteiger partial charge on any atom is -0.310 e. The lowest BCUT2D eigenvalue weighted by molar-refractivity contribution is -0.138. The summed E-state index contributed by atoms with van der Waals surface area (Å²) in [7, 11) is 0. The Morgan fingerprint density at radius 2 is 1.57 bits per heavy atom. The van der Waals surface area contributed by atoms with Crippen molar-refractivity contribution in [3.63, 3.8) is 0 Å². The van der Waals surface area contributed by atoms with Crippen molar-refractivity contribution in [2.45, 2.75) is 44.6 Å². The van der Waals surface area contributed by atoms with Crippen molar-refractivity contribution < 1.29 is 26.3 Å². The highest BCUT2D eigenvalue weighted by Gasteiger charge is 2.30. The lowest BCUT2D eigenvalue weighted by Crippen LogP contribution is -2.21. The van der Waals surface area contributed by atoms with Crippen LogP contribution >= 0.6 is 0 Å².